The maximum Gasteiger partial charge on any atom is 0.0953 e. The zero-order valence-electron chi connectivity index (χ0n) is 21.4. The monoisotopic (exact) mass is 520 g/mol. The van der Waals surface area contributed by atoms with Gasteiger partial charge in [0.2, 0.25) is 0 Å². The Bertz CT molecular complexity index is 1770. The number of aromatic nitrogens is 2. The molecule has 0 aliphatic rings. The van der Waals surface area contributed by atoms with Gasteiger partial charge < -0.3 is 11.5 Å². The van der Waals surface area contributed by atoms with Gasteiger partial charge in [-0.15, -0.1) is 10.2 Å². The van der Waals surface area contributed by atoms with Crippen LogP contribution in [0, 0.1) is 0 Å². The highest BCUT2D eigenvalue weighted by molar-refractivity contribution is 5.97. The molecule has 0 fully saturated rings. The largest absolute Gasteiger partial charge is 0.397 e. The minimum Gasteiger partial charge on any atom is -0.397 e. The van der Waals surface area contributed by atoms with Crippen molar-refractivity contribution in [2.24, 2.45) is 20.5 Å². The molecule has 2 heterocycles. The summed E-state index contributed by atoms with van der Waals surface area (Å²) in [6.07, 6.45) is 7.52. The third-order valence-corrected chi connectivity index (χ3v) is 6.36. The van der Waals surface area contributed by atoms with Crippen LogP contribution in [-0.4, -0.2) is 9.97 Å². The van der Waals surface area contributed by atoms with Crippen molar-refractivity contribution in [3.05, 3.63) is 121 Å². The molecule has 40 heavy (non-hydrogen) atoms. The molecule has 8 heteroatoms. The van der Waals surface area contributed by atoms with Gasteiger partial charge in [0.15, 0.2) is 0 Å². The van der Waals surface area contributed by atoms with Crippen LogP contribution in [0.15, 0.2) is 130 Å². The molecule has 192 valence electrons. The van der Waals surface area contributed by atoms with Gasteiger partial charge in [-0.1, -0.05) is 36.4 Å². The first kappa shape index (κ1) is 24.6. The lowest BCUT2D eigenvalue weighted by Gasteiger charge is -2.03. The van der Waals surface area contributed by atoms with E-state index in [1.54, 1.807) is 24.5 Å². The van der Waals surface area contributed by atoms with Crippen molar-refractivity contribution in [1.29, 1.82) is 0 Å². The van der Waals surface area contributed by atoms with Crippen LogP contribution >= 0.6 is 0 Å². The van der Waals surface area contributed by atoms with E-state index in [4.69, 9.17) is 11.5 Å². The molecule has 8 nitrogen and oxygen atoms in total. The van der Waals surface area contributed by atoms with Gasteiger partial charge in [-0.05, 0) is 83.9 Å². The molecule has 4 N–H and O–H groups in total. The number of nitrogens with two attached hydrogens (primary N) is 2. The highest BCUT2D eigenvalue weighted by Gasteiger charge is 2.05. The third-order valence-electron chi connectivity index (χ3n) is 6.36. The molecule has 6 aromatic rings. The summed E-state index contributed by atoms with van der Waals surface area (Å²) in [6, 6.07) is 30.6. The Morgan fingerprint density at radius 3 is 1.32 bits per heavy atom. The van der Waals surface area contributed by atoms with Crippen molar-refractivity contribution >= 4 is 68.1 Å². The van der Waals surface area contributed by atoms with E-state index in [2.05, 4.69) is 30.4 Å². The smallest absolute Gasteiger partial charge is 0.0953 e. The summed E-state index contributed by atoms with van der Waals surface area (Å²) in [4.78, 5) is 8.68. The maximum atomic E-state index is 6.03. The summed E-state index contributed by atoms with van der Waals surface area (Å²) in [6.45, 7) is 0. The predicted octanol–water partition coefficient (Wildman–Crippen LogP) is 8.95. The minimum absolute atomic E-state index is 0.620. The fourth-order valence-corrected chi connectivity index (χ4v) is 4.25. The summed E-state index contributed by atoms with van der Waals surface area (Å²) in [5.41, 5.74) is 19.8. The lowest BCUT2D eigenvalue weighted by molar-refractivity contribution is 1.24. The van der Waals surface area contributed by atoms with Gasteiger partial charge in [0, 0.05) is 23.2 Å². The average Bonchev–Trinajstić information content (AvgIpc) is 3.01. The van der Waals surface area contributed by atoms with Crippen LogP contribution in [0.3, 0.4) is 0 Å². The lowest BCUT2D eigenvalue weighted by atomic mass is 10.1. The van der Waals surface area contributed by atoms with Crippen LogP contribution in [0.4, 0.5) is 34.1 Å². The van der Waals surface area contributed by atoms with Crippen molar-refractivity contribution in [2.45, 2.75) is 0 Å². The molecule has 0 atom stereocenters. The summed E-state index contributed by atoms with van der Waals surface area (Å²) >= 11 is 0. The first-order valence-corrected chi connectivity index (χ1v) is 12.6. The van der Waals surface area contributed by atoms with Gasteiger partial charge in [0.1, 0.15) is 0 Å². The number of rotatable bonds is 6. The van der Waals surface area contributed by atoms with E-state index in [1.807, 2.05) is 97.1 Å². The van der Waals surface area contributed by atoms with E-state index in [0.717, 1.165) is 55.7 Å². The Morgan fingerprint density at radius 2 is 0.900 bits per heavy atom. The van der Waals surface area contributed by atoms with Gasteiger partial charge >= 0.3 is 0 Å². The summed E-state index contributed by atoms with van der Waals surface area (Å²) in [7, 11) is 0. The number of fused-ring (bicyclic) bond motifs is 2. The van der Waals surface area contributed by atoms with E-state index >= 15 is 0 Å². The predicted molar refractivity (Wildman–Crippen MR) is 162 cm³/mol. The Kier molecular flexibility index (Phi) is 6.71. The second-order valence-electron chi connectivity index (χ2n) is 9.06. The molecule has 0 saturated heterocycles. The molecule has 0 aliphatic carbocycles. The topological polar surface area (TPSA) is 127 Å². The van der Waals surface area contributed by atoms with Crippen LogP contribution in [0.25, 0.3) is 34.0 Å². The number of hydrogen-bond acceptors (Lipinski definition) is 8. The van der Waals surface area contributed by atoms with E-state index in [1.165, 1.54) is 0 Å². The zero-order chi connectivity index (χ0) is 27.3. The number of hydrogen-bond donors (Lipinski definition) is 2. The Balaban J connectivity index is 1.12. The number of azo groups is 2. The number of anilines is 2. The summed E-state index contributed by atoms with van der Waals surface area (Å²) < 4.78 is 0. The van der Waals surface area contributed by atoms with Crippen LogP contribution in [0.5, 0.6) is 0 Å². The van der Waals surface area contributed by atoms with Crippen LogP contribution in [0.2, 0.25) is 0 Å². The minimum atomic E-state index is 0.620. The van der Waals surface area contributed by atoms with Gasteiger partial charge in [-0.2, -0.15) is 10.2 Å². The second-order valence-corrected chi connectivity index (χ2v) is 9.06. The van der Waals surface area contributed by atoms with Crippen molar-refractivity contribution < 1.29 is 0 Å². The van der Waals surface area contributed by atoms with E-state index in [-0.39, 0.29) is 0 Å². The molecular formula is C32H24N8. The van der Waals surface area contributed by atoms with Gasteiger partial charge in [0.25, 0.3) is 0 Å². The first-order chi connectivity index (χ1) is 19.6. The molecule has 0 aliphatic heterocycles. The van der Waals surface area contributed by atoms with Crippen molar-refractivity contribution in [3.63, 3.8) is 0 Å². The van der Waals surface area contributed by atoms with Crippen molar-refractivity contribution in [2.75, 3.05) is 11.5 Å². The molecular weight excluding hydrogens is 496 g/mol. The zero-order valence-corrected chi connectivity index (χ0v) is 21.4. The first-order valence-electron chi connectivity index (χ1n) is 12.6. The average molecular weight is 521 g/mol. The van der Waals surface area contributed by atoms with E-state index < -0.39 is 0 Å². The molecule has 0 unspecified atom stereocenters. The summed E-state index contributed by atoms with van der Waals surface area (Å²) in [5, 5.41) is 19.4. The van der Waals surface area contributed by atoms with Gasteiger partial charge in [-0.3, -0.25) is 9.97 Å². The third kappa shape index (κ3) is 5.27. The standard InChI is InChI=1S/C32H24N8/c33-27-15-17-29(25-3-1-19-35-31(25)27)39-37-23-11-7-21(8-12-23)5-6-22-9-13-24(14-10-22)38-40-30-18-16-28(34)32-26(30)4-2-20-36-32/h1-20H,33-34H2. The fraction of sp³-hybridized carbons (Fsp3) is 0. The molecule has 0 radical (unpaired) electrons. The summed E-state index contributed by atoms with van der Waals surface area (Å²) in [5.74, 6) is 0. The van der Waals surface area contributed by atoms with E-state index in [0.29, 0.717) is 11.4 Å². The van der Waals surface area contributed by atoms with Gasteiger partial charge in [0.05, 0.1) is 45.2 Å². The SMILES string of the molecule is Nc1ccc(N=Nc2ccc(C=Cc3ccc(N=Nc4ccc(N)c5ncccc45)cc3)cc2)c2cccnc12. The quantitative estimate of drug-likeness (QED) is 0.129. The molecule has 4 aromatic carbocycles. The molecule has 0 spiro atoms. The Labute approximate surface area is 230 Å². The van der Waals surface area contributed by atoms with Crippen molar-refractivity contribution in [1.82, 2.24) is 9.97 Å². The molecule has 0 amide bonds. The molecule has 2 aromatic heterocycles. The fourth-order valence-electron chi connectivity index (χ4n) is 4.25. The van der Waals surface area contributed by atoms with Crippen LogP contribution in [0.1, 0.15) is 11.1 Å². The number of nitrogen functional groups attached to an aromatic ring is 2. The van der Waals surface area contributed by atoms with Crippen LogP contribution < -0.4 is 11.5 Å². The molecule has 0 saturated carbocycles. The highest BCUT2D eigenvalue weighted by Crippen LogP contribution is 2.31. The van der Waals surface area contributed by atoms with Gasteiger partial charge in [-0.25, -0.2) is 0 Å². The normalized spacial score (nSPS) is 11.9. The Hall–Kier alpha value is -5.76. The number of benzene rings is 4. The number of pyridine rings is 2. The lowest BCUT2D eigenvalue weighted by Crippen LogP contribution is -1.88. The molecule has 0 bridgehead atoms. The number of nitrogens with zero attached hydrogens (tertiary/aromatic N) is 6. The molecule has 6 rings (SSSR count). The maximum absolute atomic E-state index is 6.03. The Morgan fingerprint density at radius 1 is 0.475 bits per heavy atom. The van der Waals surface area contributed by atoms with E-state index in [9.17, 15) is 0 Å². The second kappa shape index (κ2) is 10.9. The highest BCUT2D eigenvalue weighted by atomic mass is 15.1. The van der Waals surface area contributed by atoms with Crippen LogP contribution in [-0.2, 0) is 0 Å². The van der Waals surface area contributed by atoms with Crippen molar-refractivity contribution in [3.8, 4) is 0 Å².